The number of benzene rings is 1. The molecule has 0 atom stereocenters. The van der Waals surface area contributed by atoms with Crippen LogP contribution in [0.2, 0.25) is 0 Å². The van der Waals surface area contributed by atoms with Gasteiger partial charge in [0.2, 0.25) is 0 Å². The molecule has 0 radical (unpaired) electrons. The Hall–Kier alpha value is -1.75. The number of hydrogen-bond donors (Lipinski definition) is 1. The third-order valence-electron chi connectivity index (χ3n) is 3.94. The number of carbonyl (C=O) groups is 1. The SMILES string of the molecule is COc1cc(CN2CCCCC2)ccc1CN(C)C(=O)O. The lowest BCUT2D eigenvalue weighted by Crippen LogP contribution is -2.29. The Labute approximate surface area is 126 Å². The van der Waals surface area contributed by atoms with Crippen molar-refractivity contribution in [1.29, 1.82) is 0 Å². The van der Waals surface area contributed by atoms with Gasteiger partial charge in [-0.3, -0.25) is 4.90 Å². The molecule has 1 aromatic rings. The third kappa shape index (κ3) is 4.36. The molecule has 0 aliphatic carbocycles. The molecule has 5 heteroatoms. The first-order chi connectivity index (χ1) is 10.1. The van der Waals surface area contributed by atoms with E-state index in [4.69, 9.17) is 9.84 Å². The molecule has 1 saturated heterocycles. The van der Waals surface area contributed by atoms with Crippen LogP contribution in [0.25, 0.3) is 0 Å². The van der Waals surface area contributed by atoms with Crippen molar-refractivity contribution in [2.24, 2.45) is 0 Å². The highest BCUT2D eigenvalue weighted by Gasteiger charge is 2.14. The predicted octanol–water partition coefficient (Wildman–Crippen LogP) is 2.79. The molecule has 1 fully saturated rings. The van der Waals surface area contributed by atoms with Gasteiger partial charge in [0.05, 0.1) is 13.7 Å². The fraction of sp³-hybridized carbons (Fsp3) is 0.562. The van der Waals surface area contributed by atoms with Crippen molar-refractivity contribution in [2.75, 3.05) is 27.2 Å². The highest BCUT2D eigenvalue weighted by molar-refractivity contribution is 5.64. The molecule has 5 nitrogen and oxygen atoms in total. The predicted molar refractivity (Wildman–Crippen MR) is 81.6 cm³/mol. The van der Waals surface area contributed by atoms with Gasteiger partial charge in [-0.25, -0.2) is 4.79 Å². The molecule has 21 heavy (non-hydrogen) atoms. The number of hydrogen-bond acceptors (Lipinski definition) is 3. The Morgan fingerprint density at radius 1 is 1.33 bits per heavy atom. The highest BCUT2D eigenvalue weighted by atomic mass is 16.5. The van der Waals surface area contributed by atoms with Gasteiger partial charge in [0, 0.05) is 19.2 Å². The molecule has 1 amide bonds. The second-order valence-electron chi connectivity index (χ2n) is 5.62. The highest BCUT2D eigenvalue weighted by Crippen LogP contribution is 2.23. The number of carboxylic acid groups (broad SMARTS) is 1. The smallest absolute Gasteiger partial charge is 0.407 e. The first-order valence-corrected chi connectivity index (χ1v) is 7.42. The molecule has 1 heterocycles. The van der Waals surface area contributed by atoms with Gasteiger partial charge in [0.1, 0.15) is 5.75 Å². The van der Waals surface area contributed by atoms with Crippen LogP contribution in [0.3, 0.4) is 0 Å². The zero-order chi connectivity index (χ0) is 15.2. The van der Waals surface area contributed by atoms with Gasteiger partial charge in [-0.2, -0.15) is 0 Å². The molecule has 1 N–H and O–H groups in total. The summed E-state index contributed by atoms with van der Waals surface area (Å²) in [7, 11) is 3.19. The summed E-state index contributed by atoms with van der Waals surface area (Å²) in [4.78, 5) is 14.6. The molecule has 2 rings (SSSR count). The number of likely N-dealkylation sites (tertiary alicyclic amines) is 1. The summed E-state index contributed by atoms with van der Waals surface area (Å²) in [5.41, 5.74) is 2.11. The maximum Gasteiger partial charge on any atom is 0.407 e. The number of amides is 1. The van der Waals surface area contributed by atoms with Crippen LogP contribution in [-0.4, -0.2) is 48.2 Å². The first-order valence-electron chi connectivity index (χ1n) is 7.42. The van der Waals surface area contributed by atoms with Gasteiger partial charge in [0.15, 0.2) is 0 Å². The molecule has 0 saturated carbocycles. The molecule has 116 valence electrons. The van der Waals surface area contributed by atoms with Crippen molar-refractivity contribution < 1.29 is 14.6 Å². The van der Waals surface area contributed by atoms with Crippen LogP contribution in [-0.2, 0) is 13.1 Å². The van der Waals surface area contributed by atoms with Crippen LogP contribution in [0.4, 0.5) is 4.79 Å². The second-order valence-corrected chi connectivity index (χ2v) is 5.62. The van der Waals surface area contributed by atoms with Gasteiger partial charge in [-0.15, -0.1) is 0 Å². The fourth-order valence-electron chi connectivity index (χ4n) is 2.72. The Kier molecular flexibility index (Phi) is 5.44. The molecular formula is C16H24N2O3. The van der Waals surface area contributed by atoms with Crippen LogP contribution >= 0.6 is 0 Å². The minimum Gasteiger partial charge on any atom is -0.496 e. The van der Waals surface area contributed by atoms with E-state index in [0.29, 0.717) is 6.54 Å². The van der Waals surface area contributed by atoms with E-state index in [2.05, 4.69) is 11.0 Å². The maximum atomic E-state index is 10.9. The second kappa shape index (κ2) is 7.31. The Bertz CT molecular complexity index is 484. The van der Waals surface area contributed by atoms with Crippen LogP contribution in [0.1, 0.15) is 30.4 Å². The molecule has 0 aromatic heterocycles. The van der Waals surface area contributed by atoms with Gasteiger partial charge in [-0.1, -0.05) is 18.6 Å². The Morgan fingerprint density at radius 2 is 2.05 bits per heavy atom. The molecule has 1 aliphatic rings. The first kappa shape index (κ1) is 15.6. The van der Waals surface area contributed by atoms with Crippen LogP contribution in [0.15, 0.2) is 18.2 Å². The molecule has 0 bridgehead atoms. The van der Waals surface area contributed by atoms with Gasteiger partial charge in [-0.05, 0) is 37.6 Å². The minimum atomic E-state index is -0.936. The van der Waals surface area contributed by atoms with Crippen molar-refractivity contribution >= 4 is 6.09 Å². The van der Waals surface area contributed by atoms with Gasteiger partial charge >= 0.3 is 6.09 Å². The van der Waals surface area contributed by atoms with Crippen molar-refractivity contribution in [3.8, 4) is 5.75 Å². The monoisotopic (exact) mass is 292 g/mol. The summed E-state index contributed by atoms with van der Waals surface area (Å²) >= 11 is 0. The quantitative estimate of drug-likeness (QED) is 0.906. The van der Waals surface area contributed by atoms with Gasteiger partial charge < -0.3 is 14.7 Å². The molecular weight excluding hydrogens is 268 g/mol. The van der Waals surface area contributed by atoms with Crippen molar-refractivity contribution in [3.63, 3.8) is 0 Å². The average Bonchev–Trinajstić information content (AvgIpc) is 2.49. The normalized spacial score (nSPS) is 15.7. The van der Waals surface area contributed by atoms with Crippen LogP contribution < -0.4 is 4.74 Å². The molecule has 1 aliphatic heterocycles. The van der Waals surface area contributed by atoms with Crippen LogP contribution in [0.5, 0.6) is 5.75 Å². The zero-order valence-electron chi connectivity index (χ0n) is 12.8. The lowest BCUT2D eigenvalue weighted by Gasteiger charge is -2.26. The summed E-state index contributed by atoms with van der Waals surface area (Å²) in [6, 6.07) is 6.07. The van der Waals surface area contributed by atoms with E-state index in [1.165, 1.54) is 29.7 Å². The number of nitrogens with zero attached hydrogens (tertiary/aromatic N) is 2. The van der Waals surface area contributed by atoms with E-state index in [9.17, 15) is 4.79 Å². The van der Waals surface area contributed by atoms with Crippen molar-refractivity contribution in [2.45, 2.75) is 32.4 Å². The maximum absolute atomic E-state index is 10.9. The van der Waals surface area contributed by atoms with E-state index < -0.39 is 6.09 Å². The largest absolute Gasteiger partial charge is 0.496 e. The summed E-state index contributed by atoms with van der Waals surface area (Å²) in [6.45, 7) is 3.59. The molecule has 0 spiro atoms. The Balaban J connectivity index is 2.06. The van der Waals surface area contributed by atoms with E-state index in [-0.39, 0.29) is 0 Å². The van der Waals surface area contributed by atoms with E-state index in [1.807, 2.05) is 12.1 Å². The lowest BCUT2D eigenvalue weighted by molar-refractivity contribution is 0.153. The zero-order valence-corrected chi connectivity index (χ0v) is 12.8. The van der Waals surface area contributed by atoms with Crippen LogP contribution in [0, 0.1) is 0 Å². The van der Waals surface area contributed by atoms with Crippen molar-refractivity contribution in [3.05, 3.63) is 29.3 Å². The number of rotatable bonds is 5. The number of methoxy groups -OCH3 is 1. The van der Waals surface area contributed by atoms with E-state index in [0.717, 1.165) is 30.9 Å². The van der Waals surface area contributed by atoms with Crippen molar-refractivity contribution in [1.82, 2.24) is 9.80 Å². The Morgan fingerprint density at radius 3 is 2.67 bits per heavy atom. The van der Waals surface area contributed by atoms with E-state index in [1.54, 1.807) is 14.2 Å². The fourth-order valence-corrected chi connectivity index (χ4v) is 2.72. The van der Waals surface area contributed by atoms with E-state index >= 15 is 0 Å². The summed E-state index contributed by atoms with van der Waals surface area (Å²) in [6.07, 6.45) is 2.95. The number of ether oxygens (including phenoxy) is 1. The minimum absolute atomic E-state index is 0.336. The summed E-state index contributed by atoms with van der Waals surface area (Å²) < 4.78 is 5.42. The number of piperidine rings is 1. The third-order valence-corrected chi connectivity index (χ3v) is 3.94. The van der Waals surface area contributed by atoms with Gasteiger partial charge in [0.25, 0.3) is 0 Å². The topological polar surface area (TPSA) is 53.0 Å². The molecule has 1 aromatic carbocycles. The lowest BCUT2D eigenvalue weighted by atomic mass is 10.1. The summed E-state index contributed by atoms with van der Waals surface area (Å²) in [5.74, 6) is 0.762. The average molecular weight is 292 g/mol. The standard InChI is InChI=1S/C16H24N2O3/c1-17(16(19)20)12-14-7-6-13(10-15(14)21-2)11-18-8-4-3-5-9-18/h6-7,10H,3-5,8-9,11-12H2,1-2H3,(H,19,20). The molecule has 0 unspecified atom stereocenters. The summed E-state index contributed by atoms with van der Waals surface area (Å²) in [5, 5.41) is 8.96.